The Labute approximate surface area is 448 Å². The van der Waals surface area contributed by atoms with Crippen LogP contribution in [0.3, 0.4) is 0 Å². The van der Waals surface area contributed by atoms with Crippen molar-refractivity contribution in [3.05, 3.63) is 297 Å². The van der Waals surface area contributed by atoms with Gasteiger partial charge in [-0.2, -0.15) is 0 Å². The molecule has 16 rings (SSSR count). The Hall–Kier alpha value is -9.53. The highest BCUT2D eigenvalue weighted by molar-refractivity contribution is 7.33. The average molecular weight is 1010 g/mol. The van der Waals surface area contributed by atoms with E-state index in [2.05, 4.69) is 311 Å². The van der Waals surface area contributed by atoms with Gasteiger partial charge in [-0.15, -0.1) is 0 Å². The van der Waals surface area contributed by atoms with Crippen LogP contribution in [0.1, 0.15) is 0 Å². The molecular formula is C72H49N3Si2. The van der Waals surface area contributed by atoms with Crippen LogP contribution in [-0.4, -0.2) is 29.8 Å². The summed E-state index contributed by atoms with van der Waals surface area (Å²) >= 11 is 0. The second-order valence-electron chi connectivity index (χ2n) is 20.7. The Morgan fingerprint density at radius 3 is 0.818 bits per heavy atom. The molecule has 0 N–H and O–H groups in total. The first kappa shape index (κ1) is 43.8. The monoisotopic (exact) mass is 1010 g/mol. The van der Waals surface area contributed by atoms with Gasteiger partial charge < -0.3 is 13.7 Å². The largest absolute Gasteiger partial charge is 0.309 e. The van der Waals surface area contributed by atoms with Crippen molar-refractivity contribution in [2.45, 2.75) is 0 Å². The molecule has 0 saturated carbocycles. The molecule has 0 bridgehead atoms. The zero-order valence-corrected chi connectivity index (χ0v) is 44.1. The molecule has 12 aromatic carbocycles. The summed E-state index contributed by atoms with van der Waals surface area (Å²) in [6, 6.07) is 113. The molecule has 15 aromatic rings. The van der Waals surface area contributed by atoms with Gasteiger partial charge in [0.25, 0.3) is 0 Å². The summed E-state index contributed by atoms with van der Waals surface area (Å²) in [6.07, 6.45) is 0. The summed E-state index contributed by atoms with van der Waals surface area (Å²) in [5, 5.41) is 18.9. The zero-order chi connectivity index (χ0) is 50.7. The van der Waals surface area contributed by atoms with Crippen molar-refractivity contribution in [1.29, 1.82) is 0 Å². The Morgan fingerprint density at radius 1 is 0.182 bits per heavy atom. The van der Waals surface area contributed by atoms with Gasteiger partial charge in [0.05, 0.1) is 33.1 Å². The van der Waals surface area contributed by atoms with Gasteiger partial charge in [-0.25, -0.2) is 0 Å². The van der Waals surface area contributed by atoms with Gasteiger partial charge in [0.1, 0.15) is 0 Å². The number of nitrogens with zero attached hydrogens (tertiary/aromatic N) is 3. The Morgan fingerprint density at radius 2 is 0.455 bits per heavy atom. The molecule has 0 spiro atoms. The Balaban J connectivity index is 0.950. The molecule has 360 valence electrons. The minimum Gasteiger partial charge on any atom is -0.309 e. The van der Waals surface area contributed by atoms with E-state index in [0.717, 1.165) is 11.4 Å². The molecule has 0 saturated heterocycles. The van der Waals surface area contributed by atoms with Gasteiger partial charge >= 0.3 is 0 Å². The van der Waals surface area contributed by atoms with Crippen molar-refractivity contribution in [1.82, 2.24) is 13.7 Å². The third kappa shape index (κ3) is 6.12. The molecule has 5 heteroatoms. The van der Waals surface area contributed by atoms with E-state index in [-0.39, 0.29) is 0 Å². The molecule has 3 aromatic heterocycles. The van der Waals surface area contributed by atoms with E-state index >= 15 is 0 Å². The van der Waals surface area contributed by atoms with E-state index < -0.39 is 16.1 Å². The lowest BCUT2D eigenvalue weighted by Crippen LogP contribution is -2.93. The molecule has 0 fully saturated rings. The smallest absolute Gasteiger partial charge is 0.179 e. The molecule has 0 radical (unpaired) electrons. The average Bonchev–Trinajstić information content (AvgIpc) is 4.34. The van der Waals surface area contributed by atoms with E-state index in [0.29, 0.717) is 0 Å². The van der Waals surface area contributed by atoms with E-state index in [1.165, 1.54) is 113 Å². The standard InChI is InChI=1S/C72H49N3Si2/c1-3-25-53(26-4-1)76(55-29-21-23-50(47-55)73-63-36-12-7-31-57(63)58-32-8-13-37-64(58)73)69-41-17-19-43-71(69)77(54-27-5-2-6-28-54,72-44-20-18-42-70(72)76)56-30-22-24-51(48-56)74-67-40-16-11-35-61(67)62-49-52(45-46-68(62)74)75-65-38-14-9-33-59(65)60-34-10-15-39-66(60)75/h1-49H. The molecule has 1 aliphatic rings. The second-order valence-corrected chi connectivity index (χ2v) is 28.2. The lowest BCUT2D eigenvalue weighted by molar-refractivity contribution is 1.17. The Bertz CT molecular complexity index is 4680. The highest BCUT2D eigenvalue weighted by Gasteiger charge is 2.56. The van der Waals surface area contributed by atoms with Crippen LogP contribution in [0.2, 0.25) is 0 Å². The van der Waals surface area contributed by atoms with Crippen molar-refractivity contribution >= 4 is 123 Å². The quantitative estimate of drug-likeness (QED) is 0.141. The van der Waals surface area contributed by atoms with E-state index in [9.17, 15) is 0 Å². The van der Waals surface area contributed by atoms with Gasteiger partial charge in [0, 0.05) is 49.4 Å². The fraction of sp³-hybridized carbons (Fsp3) is 0. The summed E-state index contributed by atoms with van der Waals surface area (Å²) in [4.78, 5) is 0. The maximum Gasteiger partial charge on any atom is 0.179 e. The maximum atomic E-state index is 2.56. The SMILES string of the molecule is c1ccc([Si]2(c3cccc(-n4c5ccccc5c5ccccc54)c3)c3ccccc3[Si](c3ccccc3)(c3cccc(-n4c5ccccc5c5cc(-n6c7ccccc7c7ccccc76)ccc54)c3)c3ccccc32)cc1. The van der Waals surface area contributed by atoms with Gasteiger partial charge in [-0.3, -0.25) is 0 Å². The van der Waals surface area contributed by atoms with Crippen LogP contribution in [0.25, 0.3) is 82.5 Å². The third-order valence-corrected chi connectivity index (χ3v) is 27.3. The van der Waals surface area contributed by atoms with Crippen molar-refractivity contribution in [2.24, 2.45) is 0 Å². The topological polar surface area (TPSA) is 14.8 Å². The van der Waals surface area contributed by atoms with Gasteiger partial charge in [0.15, 0.2) is 16.1 Å². The molecular weight excluding hydrogens is 963 g/mol. The van der Waals surface area contributed by atoms with E-state index in [1.807, 2.05) is 0 Å². The molecule has 77 heavy (non-hydrogen) atoms. The lowest BCUT2D eigenvalue weighted by atomic mass is 10.1. The summed E-state index contributed by atoms with van der Waals surface area (Å²) < 4.78 is 7.43. The normalized spacial score (nSPS) is 16.2. The van der Waals surface area contributed by atoms with E-state index in [1.54, 1.807) is 0 Å². The number of benzene rings is 12. The minimum atomic E-state index is -3.13. The van der Waals surface area contributed by atoms with Crippen LogP contribution in [-0.2, 0) is 0 Å². The van der Waals surface area contributed by atoms with Crippen LogP contribution in [0, 0.1) is 0 Å². The van der Waals surface area contributed by atoms with Crippen molar-refractivity contribution < 1.29 is 0 Å². The maximum absolute atomic E-state index is 3.13. The summed E-state index contributed by atoms with van der Waals surface area (Å²) in [5.41, 5.74) is 10.7. The molecule has 0 unspecified atom stereocenters. The lowest BCUT2D eigenvalue weighted by Gasteiger charge is -2.48. The van der Waals surface area contributed by atoms with Crippen molar-refractivity contribution in [3.63, 3.8) is 0 Å². The van der Waals surface area contributed by atoms with Crippen LogP contribution in [0.4, 0.5) is 0 Å². The van der Waals surface area contributed by atoms with Crippen molar-refractivity contribution in [2.75, 3.05) is 0 Å². The number of hydrogen-bond donors (Lipinski definition) is 0. The zero-order valence-electron chi connectivity index (χ0n) is 42.1. The first-order valence-corrected chi connectivity index (χ1v) is 30.8. The number of rotatable bonds is 7. The molecule has 4 heterocycles. The molecule has 3 nitrogen and oxygen atoms in total. The van der Waals surface area contributed by atoms with Crippen LogP contribution in [0.5, 0.6) is 0 Å². The summed E-state index contributed by atoms with van der Waals surface area (Å²) in [6.45, 7) is 0. The number of hydrogen-bond acceptors (Lipinski definition) is 0. The number of para-hydroxylation sites is 5. The highest BCUT2D eigenvalue weighted by Crippen LogP contribution is 2.38. The summed E-state index contributed by atoms with van der Waals surface area (Å²) in [7, 11) is -6.23. The van der Waals surface area contributed by atoms with Crippen LogP contribution >= 0.6 is 0 Å². The van der Waals surface area contributed by atoms with Crippen molar-refractivity contribution in [3.8, 4) is 17.1 Å². The molecule has 1 aliphatic heterocycles. The highest BCUT2D eigenvalue weighted by atomic mass is 28.3. The predicted octanol–water partition coefficient (Wildman–Crippen LogP) is 12.0. The predicted molar refractivity (Wildman–Crippen MR) is 330 cm³/mol. The summed E-state index contributed by atoms with van der Waals surface area (Å²) in [5.74, 6) is 0. The first-order chi connectivity index (χ1) is 38.2. The number of fused-ring (bicyclic) bond motifs is 11. The Kier molecular flexibility index (Phi) is 9.68. The van der Waals surface area contributed by atoms with Crippen LogP contribution in [0.15, 0.2) is 297 Å². The fourth-order valence-corrected chi connectivity index (χ4v) is 26.2. The molecule has 0 atom stereocenters. The van der Waals surface area contributed by atoms with Gasteiger partial charge in [0.2, 0.25) is 0 Å². The second kappa shape index (κ2) is 17.0. The molecule has 0 amide bonds. The fourth-order valence-electron chi connectivity index (χ4n) is 14.1. The van der Waals surface area contributed by atoms with Gasteiger partial charge in [-0.05, 0) is 114 Å². The number of aromatic nitrogens is 3. The van der Waals surface area contributed by atoms with Gasteiger partial charge in [-0.1, -0.05) is 224 Å². The minimum absolute atomic E-state index is 1.16. The third-order valence-electron chi connectivity index (χ3n) is 17.0. The first-order valence-electron chi connectivity index (χ1n) is 26.8. The van der Waals surface area contributed by atoms with E-state index in [4.69, 9.17) is 0 Å². The molecule has 0 aliphatic carbocycles. The van der Waals surface area contributed by atoms with Crippen LogP contribution < -0.4 is 41.5 Å².